The zero-order valence-electron chi connectivity index (χ0n) is 15.6. The average molecular weight is 329 g/mol. The molecule has 0 rings (SSSR count). The van der Waals surface area contributed by atoms with Crippen molar-refractivity contribution in [3.05, 3.63) is 0 Å². The monoisotopic (exact) mass is 329 g/mol. The van der Waals surface area contributed by atoms with Crippen LogP contribution < -0.4 is 10.6 Å². The first-order valence-corrected chi connectivity index (χ1v) is 8.52. The number of aliphatic hydroxyl groups excluding tert-OH is 1. The molecule has 6 nitrogen and oxygen atoms in total. The van der Waals surface area contributed by atoms with E-state index in [2.05, 4.69) is 29.5 Å². The minimum atomic E-state index is -0.498. The Kier molecular flexibility index (Phi) is 10.6. The Hall–Kier alpha value is -1.30. The Balaban J connectivity index is 4.52. The molecule has 0 fully saturated rings. The van der Waals surface area contributed by atoms with Crippen LogP contribution in [0.1, 0.15) is 54.4 Å². The number of hydrogen-bond acceptors (Lipinski definition) is 4. The first kappa shape index (κ1) is 21.7. The lowest BCUT2D eigenvalue weighted by molar-refractivity contribution is -0.152. The molecule has 0 radical (unpaired) electrons. The fraction of sp³-hybridized carbons (Fsp3) is 0.882. The predicted octanol–water partition coefficient (Wildman–Crippen LogP) is 1.93. The standard InChI is InChI=1S/C17H35N3O3/c1-7-18-16(20-12-15(22)23-17(4,5)6)19-11-14(8-9-21)10-13(2)3/h13-14,21H,7-12H2,1-6H3,(H2,18,19,20). The number of rotatable bonds is 9. The van der Waals surface area contributed by atoms with E-state index in [0.717, 1.165) is 25.9 Å². The fourth-order valence-electron chi connectivity index (χ4n) is 2.25. The lowest BCUT2D eigenvalue weighted by Crippen LogP contribution is -2.40. The van der Waals surface area contributed by atoms with Gasteiger partial charge in [0.2, 0.25) is 0 Å². The van der Waals surface area contributed by atoms with E-state index >= 15 is 0 Å². The molecule has 0 aromatic rings. The molecule has 0 bridgehead atoms. The van der Waals surface area contributed by atoms with Crippen LogP contribution in [0, 0.1) is 11.8 Å². The third-order valence-electron chi connectivity index (χ3n) is 3.03. The van der Waals surface area contributed by atoms with Crippen molar-refractivity contribution >= 4 is 11.9 Å². The van der Waals surface area contributed by atoms with Crippen LogP contribution in [0.15, 0.2) is 4.99 Å². The van der Waals surface area contributed by atoms with Crippen molar-refractivity contribution < 1.29 is 14.6 Å². The molecule has 0 aromatic heterocycles. The molecule has 0 saturated carbocycles. The Bertz CT molecular complexity index is 363. The zero-order chi connectivity index (χ0) is 17.9. The number of ether oxygens (including phenoxy) is 1. The molecule has 0 aliphatic carbocycles. The van der Waals surface area contributed by atoms with Crippen molar-refractivity contribution in [2.75, 3.05) is 26.2 Å². The summed E-state index contributed by atoms with van der Waals surface area (Å²) in [5, 5.41) is 15.5. The molecule has 0 heterocycles. The van der Waals surface area contributed by atoms with Gasteiger partial charge in [-0.05, 0) is 52.4 Å². The third-order valence-corrected chi connectivity index (χ3v) is 3.03. The van der Waals surface area contributed by atoms with E-state index in [1.165, 1.54) is 0 Å². The molecule has 0 aliphatic heterocycles. The van der Waals surface area contributed by atoms with Crippen molar-refractivity contribution in [3.8, 4) is 0 Å². The van der Waals surface area contributed by atoms with E-state index in [-0.39, 0.29) is 19.1 Å². The van der Waals surface area contributed by atoms with Gasteiger partial charge in [-0.2, -0.15) is 0 Å². The highest BCUT2D eigenvalue weighted by molar-refractivity contribution is 5.83. The smallest absolute Gasteiger partial charge is 0.328 e. The maximum atomic E-state index is 11.7. The topological polar surface area (TPSA) is 83.0 Å². The summed E-state index contributed by atoms with van der Waals surface area (Å²) >= 11 is 0. The quantitative estimate of drug-likeness (QED) is 0.342. The summed E-state index contributed by atoms with van der Waals surface area (Å²) < 4.78 is 5.25. The normalized spacial score (nSPS) is 13.8. The number of aliphatic imine (C=N–C) groups is 1. The van der Waals surface area contributed by atoms with Gasteiger partial charge in [-0.25, -0.2) is 4.99 Å². The molecule has 0 amide bonds. The summed E-state index contributed by atoms with van der Waals surface area (Å²) in [6.45, 7) is 13.4. The third kappa shape index (κ3) is 12.9. The average Bonchev–Trinajstić information content (AvgIpc) is 2.39. The van der Waals surface area contributed by atoms with E-state index < -0.39 is 5.60 Å². The second-order valence-electron chi connectivity index (χ2n) is 7.17. The summed E-state index contributed by atoms with van der Waals surface area (Å²) in [6.07, 6.45) is 1.80. The molecule has 1 unspecified atom stereocenters. The summed E-state index contributed by atoms with van der Waals surface area (Å²) in [5.41, 5.74) is -0.498. The molecule has 23 heavy (non-hydrogen) atoms. The number of aliphatic hydroxyl groups is 1. The first-order valence-electron chi connectivity index (χ1n) is 8.52. The van der Waals surface area contributed by atoms with Crippen molar-refractivity contribution in [1.29, 1.82) is 0 Å². The Morgan fingerprint density at radius 1 is 1.26 bits per heavy atom. The molecule has 6 heteroatoms. The number of carbonyl (C=O) groups is 1. The van der Waals surface area contributed by atoms with Crippen LogP contribution in [0.5, 0.6) is 0 Å². The van der Waals surface area contributed by atoms with Crippen LogP contribution in [-0.4, -0.2) is 48.9 Å². The SMILES string of the molecule is CCNC(=NCC(=O)OC(C)(C)C)NCC(CCO)CC(C)C. The van der Waals surface area contributed by atoms with Gasteiger partial charge in [0.15, 0.2) is 5.96 Å². The van der Waals surface area contributed by atoms with Crippen molar-refractivity contribution in [2.24, 2.45) is 16.8 Å². The molecule has 0 saturated heterocycles. The largest absolute Gasteiger partial charge is 0.459 e. The van der Waals surface area contributed by atoms with E-state index in [9.17, 15) is 4.79 Å². The highest BCUT2D eigenvalue weighted by atomic mass is 16.6. The minimum Gasteiger partial charge on any atom is -0.459 e. The predicted molar refractivity (Wildman–Crippen MR) is 94.5 cm³/mol. The van der Waals surface area contributed by atoms with E-state index in [4.69, 9.17) is 9.84 Å². The Morgan fingerprint density at radius 3 is 2.39 bits per heavy atom. The molecule has 0 spiro atoms. The summed E-state index contributed by atoms with van der Waals surface area (Å²) in [7, 11) is 0. The highest BCUT2D eigenvalue weighted by Crippen LogP contribution is 2.14. The second-order valence-corrected chi connectivity index (χ2v) is 7.17. The highest BCUT2D eigenvalue weighted by Gasteiger charge is 2.16. The van der Waals surface area contributed by atoms with Gasteiger partial charge in [0.05, 0.1) is 0 Å². The number of hydrogen-bond donors (Lipinski definition) is 3. The van der Waals surface area contributed by atoms with Crippen LogP contribution in [0.3, 0.4) is 0 Å². The van der Waals surface area contributed by atoms with Gasteiger partial charge in [0.25, 0.3) is 0 Å². The lowest BCUT2D eigenvalue weighted by atomic mass is 9.94. The van der Waals surface area contributed by atoms with Crippen molar-refractivity contribution in [2.45, 2.75) is 60.0 Å². The number of esters is 1. The number of guanidine groups is 1. The van der Waals surface area contributed by atoms with E-state index in [0.29, 0.717) is 17.8 Å². The van der Waals surface area contributed by atoms with Crippen LogP contribution in [0.2, 0.25) is 0 Å². The van der Waals surface area contributed by atoms with Crippen molar-refractivity contribution in [3.63, 3.8) is 0 Å². The van der Waals surface area contributed by atoms with Crippen LogP contribution in [0.25, 0.3) is 0 Å². The zero-order valence-corrected chi connectivity index (χ0v) is 15.6. The first-order chi connectivity index (χ1) is 10.7. The van der Waals surface area contributed by atoms with Gasteiger partial charge in [0.1, 0.15) is 12.1 Å². The van der Waals surface area contributed by atoms with Gasteiger partial charge < -0.3 is 20.5 Å². The van der Waals surface area contributed by atoms with Crippen LogP contribution in [0.4, 0.5) is 0 Å². The van der Waals surface area contributed by atoms with Crippen molar-refractivity contribution in [1.82, 2.24) is 10.6 Å². The molecule has 1 atom stereocenters. The van der Waals surface area contributed by atoms with Gasteiger partial charge in [0, 0.05) is 19.7 Å². The maximum absolute atomic E-state index is 11.7. The maximum Gasteiger partial charge on any atom is 0.328 e. The molecular weight excluding hydrogens is 294 g/mol. The van der Waals surface area contributed by atoms with E-state index in [1.807, 2.05) is 27.7 Å². The van der Waals surface area contributed by atoms with Gasteiger partial charge >= 0.3 is 5.97 Å². The number of nitrogens with zero attached hydrogens (tertiary/aromatic N) is 1. The summed E-state index contributed by atoms with van der Waals surface area (Å²) in [6, 6.07) is 0. The van der Waals surface area contributed by atoms with Crippen LogP contribution in [-0.2, 0) is 9.53 Å². The van der Waals surface area contributed by atoms with Crippen LogP contribution >= 0.6 is 0 Å². The van der Waals surface area contributed by atoms with Gasteiger partial charge in [-0.3, -0.25) is 4.79 Å². The second kappa shape index (κ2) is 11.3. The molecular formula is C17H35N3O3. The van der Waals surface area contributed by atoms with Gasteiger partial charge in [-0.15, -0.1) is 0 Å². The summed E-state index contributed by atoms with van der Waals surface area (Å²) in [4.78, 5) is 16.0. The Labute approximate surface area is 141 Å². The number of nitrogens with one attached hydrogen (secondary N) is 2. The molecule has 3 N–H and O–H groups in total. The lowest BCUT2D eigenvalue weighted by Gasteiger charge is -2.21. The minimum absolute atomic E-state index is 0.0124. The molecule has 0 aromatic carbocycles. The number of carbonyl (C=O) groups excluding carboxylic acids is 1. The summed E-state index contributed by atoms with van der Waals surface area (Å²) in [5.74, 6) is 1.22. The molecule has 136 valence electrons. The van der Waals surface area contributed by atoms with Gasteiger partial charge in [-0.1, -0.05) is 13.8 Å². The van der Waals surface area contributed by atoms with E-state index in [1.54, 1.807) is 0 Å². The fourth-order valence-corrected chi connectivity index (χ4v) is 2.25. The molecule has 0 aliphatic rings. The Morgan fingerprint density at radius 2 is 1.91 bits per heavy atom.